The minimum atomic E-state index is 0.0293. The number of halogens is 1. The molecule has 0 unspecified atom stereocenters. The van der Waals surface area contributed by atoms with Gasteiger partial charge in [0.15, 0.2) is 11.5 Å². The Hall–Kier alpha value is -1.69. The van der Waals surface area contributed by atoms with Crippen LogP contribution in [0, 0.1) is 0 Å². The lowest BCUT2D eigenvalue weighted by Gasteiger charge is -2.09. The van der Waals surface area contributed by atoms with Crippen LogP contribution in [0.25, 0.3) is 11.3 Å². The van der Waals surface area contributed by atoms with E-state index in [1.54, 1.807) is 12.1 Å². The van der Waals surface area contributed by atoms with Crippen LogP contribution in [0.15, 0.2) is 22.8 Å². The molecule has 6 heteroatoms. The number of nitrogens with one attached hydrogen (secondary N) is 1. The molecule has 0 aliphatic rings. The van der Waals surface area contributed by atoms with Crippen molar-refractivity contribution in [2.75, 3.05) is 12.8 Å². The Labute approximate surface area is 100 Å². The molecule has 0 spiro atoms. The molecule has 1 aromatic heterocycles. The number of H-pyrrole nitrogens is 1. The third kappa shape index (κ3) is 1.71. The topological polar surface area (TPSA) is 84.2 Å². The molecule has 84 valence electrons. The van der Waals surface area contributed by atoms with Crippen LogP contribution in [0.2, 0.25) is 0 Å². The number of benzene rings is 1. The van der Waals surface area contributed by atoms with Crippen LogP contribution in [0.1, 0.15) is 0 Å². The van der Waals surface area contributed by atoms with Crippen molar-refractivity contribution in [2.45, 2.75) is 0 Å². The first kappa shape index (κ1) is 10.8. The summed E-state index contributed by atoms with van der Waals surface area (Å²) in [5.41, 5.74) is 7.30. The van der Waals surface area contributed by atoms with Gasteiger partial charge < -0.3 is 15.6 Å². The molecular formula is C10H10BrN3O2. The number of phenols is 1. The zero-order valence-corrected chi connectivity index (χ0v) is 10.1. The fourth-order valence-electron chi connectivity index (χ4n) is 1.43. The van der Waals surface area contributed by atoms with Crippen LogP contribution < -0.4 is 10.5 Å². The highest BCUT2D eigenvalue weighted by Gasteiger charge is 2.14. The Morgan fingerprint density at radius 2 is 2.25 bits per heavy atom. The molecule has 2 aromatic rings. The van der Waals surface area contributed by atoms with E-state index in [2.05, 4.69) is 26.1 Å². The average molecular weight is 284 g/mol. The fraction of sp³-hybridized carbons (Fsp3) is 0.100. The van der Waals surface area contributed by atoms with Gasteiger partial charge in [-0.3, -0.25) is 5.10 Å². The van der Waals surface area contributed by atoms with Gasteiger partial charge in [-0.2, -0.15) is 5.10 Å². The summed E-state index contributed by atoms with van der Waals surface area (Å²) in [6.45, 7) is 0. The first-order chi connectivity index (χ1) is 7.63. The van der Waals surface area contributed by atoms with Gasteiger partial charge in [0.25, 0.3) is 0 Å². The van der Waals surface area contributed by atoms with Gasteiger partial charge >= 0.3 is 0 Å². The zero-order chi connectivity index (χ0) is 11.7. The van der Waals surface area contributed by atoms with Crippen LogP contribution in [0.4, 0.5) is 5.69 Å². The van der Waals surface area contributed by atoms with E-state index in [1.807, 2.05) is 0 Å². The predicted octanol–water partition coefficient (Wildman–Crippen LogP) is 2.14. The van der Waals surface area contributed by atoms with Gasteiger partial charge in [0.1, 0.15) is 0 Å². The highest BCUT2D eigenvalue weighted by Crippen LogP contribution is 2.40. The van der Waals surface area contributed by atoms with E-state index in [1.165, 1.54) is 13.3 Å². The standard InChI is InChI=1S/C10H10BrN3O2/c1-16-8-3-5(11)2-6(10(8)15)9-7(12)4-13-14-9/h2-4,15H,12H2,1H3,(H,13,14). The number of nitrogens with two attached hydrogens (primary N) is 1. The van der Waals surface area contributed by atoms with Gasteiger partial charge in [0.2, 0.25) is 0 Å². The molecule has 0 fully saturated rings. The molecule has 0 radical (unpaired) electrons. The van der Waals surface area contributed by atoms with Crippen molar-refractivity contribution in [3.63, 3.8) is 0 Å². The van der Waals surface area contributed by atoms with E-state index < -0.39 is 0 Å². The molecule has 0 aliphatic carbocycles. The minimum absolute atomic E-state index is 0.0293. The second kappa shape index (κ2) is 4.05. The minimum Gasteiger partial charge on any atom is -0.504 e. The van der Waals surface area contributed by atoms with Crippen molar-refractivity contribution in [1.29, 1.82) is 0 Å². The molecular weight excluding hydrogens is 274 g/mol. The third-order valence-electron chi connectivity index (χ3n) is 2.20. The van der Waals surface area contributed by atoms with Crippen LogP contribution in [0.3, 0.4) is 0 Å². The molecule has 0 amide bonds. The van der Waals surface area contributed by atoms with E-state index in [4.69, 9.17) is 10.5 Å². The predicted molar refractivity (Wildman–Crippen MR) is 64.4 cm³/mol. The molecule has 0 saturated carbocycles. The van der Waals surface area contributed by atoms with Gasteiger partial charge in [0.05, 0.1) is 24.7 Å². The maximum absolute atomic E-state index is 9.96. The highest BCUT2D eigenvalue weighted by molar-refractivity contribution is 9.10. The number of aromatic nitrogens is 2. The summed E-state index contributed by atoms with van der Waals surface area (Å²) >= 11 is 3.33. The Morgan fingerprint density at radius 1 is 1.50 bits per heavy atom. The number of nitrogens with zero attached hydrogens (tertiary/aromatic N) is 1. The number of hydrogen-bond acceptors (Lipinski definition) is 4. The number of aromatic amines is 1. The maximum atomic E-state index is 9.96. The number of phenolic OH excluding ortho intramolecular Hbond substituents is 1. The molecule has 0 aliphatic heterocycles. The van der Waals surface area contributed by atoms with Crippen LogP contribution in [-0.2, 0) is 0 Å². The summed E-state index contributed by atoms with van der Waals surface area (Å²) in [6.07, 6.45) is 1.49. The molecule has 4 N–H and O–H groups in total. The Balaban J connectivity index is 2.65. The molecule has 5 nitrogen and oxygen atoms in total. The summed E-state index contributed by atoms with van der Waals surface area (Å²) in [6, 6.07) is 3.41. The van der Waals surface area contributed by atoms with Gasteiger partial charge in [-0.05, 0) is 12.1 Å². The van der Waals surface area contributed by atoms with Crippen molar-refractivity contribution >= 4 is 21.6 Å². The lowest BCUT2D eigenvalue weighted by Crippen LogP contribution is -1.90. The fourth-order valence-corrected chi connectivity index (χ4v) is 1.87. The summed E-state index contributed by atoms with van der Waals surface area (Å²) in [4.78, 5) is 0. The number of nitrogen functional groups attached to an aromatic ring is 1. The molecule has 0 bridgehead atoms. The molecule has 2 rings (SSSR count). The maximum Gasteiger partial charge on any atom is 0.167 e. The number of methoxy groups -OCH3 is 1. The summed E-state index contributed by atoms with van der Waals surface area (Å²) in [7, 11) is 1.49. The van der Waals surface area contributed by atoms with E-state index in [0.717, 1.165) is 4.47 Å². The number of aromatic hydroxyl groups is 1. The Morgan fingerprint density at radius 3 is 2.81 bits per heavy atom. The van der Waals surface area contributed by atoms with Crippen molar-refractivity contribution in [2.24, 2.45) is 0 Å². The highest BCUT2D eigenvalue weighted by atomic mass is 79.9. The quantitative estimate of drug-likeness (QED) is 0.788. The normalized spacial score (nSPS) is 10.4. The van der Waals surface area contributed by atoms with E-state index in [9.17, 15) is 5.11 Å². The first-order valence-corrected chi connectivity index (χ1v) is 5.28. The summed E-state index contributed by atoms with van der Waals surface area (Å²) in [5.74, 6) is 0.403. The Bertz CT molecular complexity index is 525. The summed E-state index contributed by atoms with van der Waals surface area (Å²) < 4.78 is 5.83. The molecule has 1 aromatic carbocycles. The second-order valence-electron chi connectivity index (χ2n) is 3.20. The number of anilines is 1. The SMILES string of the molecule is COc1cc(Br)cc(-c2[nH]ncc2N)c1O. The smallest absolute Gasteiger partial charge is 0.167 e. The second-order valence-corrected chi connectivity index (χ2v) is 4.12. The lowest BCUT2D eigenvalue weighted by atomic mass is 10.1. The van der Waals surface area contributed by atoms with Crippen LogP contribution >= 0.6 is 15.9 Å². The van der Waals surface area contributed by atoms with E-state index in [-0.39, 0.29) is 5.75 Å². The number of ether oxygens (including phenoxy) is 1. The monoisotopic (exact) mass is 283 g/mol. The van der Waals surface area contributed by atoms with Crippen molar-refractivity contribution in [3.05, 3.63) is 22.8 Å². The Kier molecular flexibility index (Phi) is 2.74. The van der Waals surface area contributed by atoms with Gasteiger partial charge in [-0.25, -0.2) is 0 Å². The van der Waals surface area contributed by atoms with E-state index in [0.29, 0.717) is 22.7 Å². The molecule has 16 heavy (non-hydrogen) atoms. The van der Waals surface area contributed by atoms with Crippen molar-refractivity contribution in [3.8, 4) is 22.8 Å². The average Bonchev–Trinajstić information content (AvgIpc) is 2.67. The number of hydrogen-bond donors (Lipinski definition) is 3. The van der Waals surface area contributed by atoms with Gasteiger partial charge in [0, 0.05) is 10.0 Å². The molecule has 0 atom stereocenters. The first-order valence-electron chi connectivity index (χ1n) is 4.49. The van der Waals surface area contributed by atoms with Gasteiger partial charge in [-0.1, -0.05) is 15.9 Å². The van der Waals surface area contributed by atoms with Crippen molar-refractivity contribution < 1.29 is 9.84 Å². The number of rotatable bonds is 2. The summed E-state index contributed by atoms with van der Waals surface area (Å²) in [5, 5.41) is 16.5. The largest absolute Gasteiger partial charge is 0.504 e. The van der Waals surface area contributed by atoms with Crippen molar-refractivity contribution in [1.82, 2.24) is 10.2 Å². The molecule has 1 heterocycles. The molecule has 0 saturated heterocycles. The third-order valence-corrected chi connectivity index (χ3v) is 2.66. The van der Waals surface area contributed by atoms with Crippen LogP contribution in [-0.4, -0.2) is 22.4 Å². The lowest BCUT2D eigenvalue weighted by molar-refractivity contribution is 0.374. The van der Waals surface area contributed by atoms with Crippen LogP contribution in [0.5, 0.6) is 11.5 Å². The zero-order valence-electron chi connectivity index (χ0n) is 8.49. The van der Waals surface area contributed by atoms with E-state index >= 15 is 0 Å². The van der Waals surface area contributed by atoms with Gasteiger partial charge in [-0.15, -0.1) is 0 Å².